The van der Waals surface area contributed by atoms with E-state index in [0.717, 1.165) is 5.56 Å². The number of nitrogens with one attached hydrogen (secondary N) is 2. The molecule has 1 aromatic carbocycles. The first-order chi connectivity index (χ1) is 14.8. The number of benzene rings is 1. The first kappa shape index (κ1) is 24.9. The molecule has 1 fully saturated rings. The average Bonchev–Trinajstić information content (AvgIpc) is 3.02. The predicted octanol–water partition coefficient (Wildman–Crippen LogP) is 1.80. The SMILES string of the molecule is CSCCC(NC=O)C(=O)NC1CC(C)N(C(Cc2ccccc2)C(=O)C(C)C)C1=O. The Bertz CT molecular complexity index is 771. The van der Waals surface area contributed by atoms with Crippen LogP contribution in [0.2, 0.25) is 0 Å². The van der Waals surface area contributed by atoms with Gasteiger partial charge >= 0.3 is 0 Å². The second-order valence-electron chi connectivity index (χ2n) is 8.27. The van der Waals surface area contributed by atoms with E-state index in [0.29, 0.717) is 31.4 Å². The Balaban J connectivity index is 2.18. The van der Waals surface area contributed by atoms with Crippen molar-refractivity contribution in [3.63, 3.8) is 0 Å². The van der Waals surface area contributed by atoms with Gasteiger partial charge in [-0.3, -0.25) is 19.2 Å². The molecule has 1 aliphatic heterocycles. The van der Waals surface area contributed by atoms with Crippen LogP contribution in [0.5, 0.6) is 0 Å². The van der Waals surface area contributed by atoms with Gasteiger partial charge in [-0.15, -0.1) is 0 Å². The molecule has 0 saturated carbocycles. The van der Waals surface area contributed by atoms with Crippen LogP contribution in [0.3, 0.4) is 0 Å². The maximum Gasteiger partial charge on any atom is 0.246 e. The normalized spacial score (nSPS) is 20.4. The number of nitrogens with zero attached hydrogens (tertiary/aromatic N) is 1. The number of rotatable bonds is 12. The maximum absolute atomic E-state index is 13.3. The van der Waals surface area contributed by atoms with Gasteiger partial charge < -0.3 is 15.5 Å². The molecule has 4 unspecified atom stereocenters. The van der Waals surface area contributed by atoms with Crippen LogP contribution in [-0.2, 0) is 25.6 Å². The summed E-state index contributed by atoms with van der Waals surface area (Å²) in [5.74, 6) is -0.109. The number of carbonyl (C=O) groups excluding carboxylic acids is 4. The van der Waals surface area contributed by atoms with E-state index in [4.69, 9.17) is 0 Å². The van der Waals surface area contributed by atoms with Crippen molar-refractivity contribution in [1.29, 1.82) is 0 Å². The monoisotopic (exact) mass is 447 g/mol. The smallest absolute Gasteiger partial charge is 0.246 e. The highest BCUT2D eigenvalue weighted by molar-refractivity contribution is 7.98. The van der Waals surface area contributed by atoms with Gasteiger partial charge in [-0.05, 0) is 43.8 Å². The molecule has 0 bridgehead atoms. The van der Waals surface area contributed by atoms with Gasteiger partial charge in [0.25, 0.3) is 0 Å². The van der Waals surface area contributed by atoms with Gasteiger partial charge in [0.05, 0.1) is 6.04 Å². The molecule has 8 heteroatoms. The molecule has 0 spiro atoms. The Morgan fingerprint density at radius 2 is 1.94 bits per heavy atom. The highest BCUT2D eigenvalue weighted by atomic mass is 32.2. The fourth-order valence-electron chi connectivity index (χ4n) is 3.97. The van der Waals surface area contributed by atoms with E-state index in [1.165, 1.54) is 0 Å². The topological polar surface area (TPSA) is 95.6 Å². The zero-order chi connectivity index (χ0) is 23.0. The van der Waals surface area contributed by atoms with Crippen LogP contribution < -0.4 is 10.6 Å². The van der Waals surface area contributed by atoms with Gasteiger partial charge in [-0.2, -0.15) is 11.8 Å². The maximum atomic E-state index is 13.3. The zero-order valence-electron chi connectivity index (χ0n) is 18.7. The van der Waals surface area contributed by atoms with Crippen LogP contribution in [-0.4, -0.2) is 65.1 Å². The number of Topliss-reactive ketones (excluding diaryl/α,β-unsaturated/α-hetero) is 1. The number of hydrogen-bond donors (Lipinski definition) is 2. The minimum absolute atomic E-state index is 0.0106. The van der Waals surface area contributed by atoms with Crippen molar-refractivity contribution < 1.29 is 19.2 Å². The van der Waals surface area contributed by atoms with Gasteiger partial charge in [-0.1, -0.05) is 44.2 Å². The van der Waals surface area contributed by atoms with Crippen LogP contribution >= 0.6 is 11.8 Å². The minimum atomic E-state index is -0.703. The summed E-state index contributed by atoms with van der Waals surface area (Å²) in [6.45, 7) is 5.59. The lowest BCUT2D eigenvalue weighted by Crippen LogP contribution is -2.53. The molecule has 1 aromatic rings. The molecule has 1 saturated heterocycles. The first-order valence-electron chi connectivity index (χ1n) is 10.7. The summed E-state index contributed by atoms with van der Waals surface area (Å²) in [6.07, 6.45) is 3.78. The summed E-state index contributed by atoms with van der Waals surface area (Å²) in [5.41, 5.74) is 0.987. The molecule has 0 radical (unpaired) electrons. The molecule has 3 amide bonds. The van der Waals surface area contributed by atoms with Gasteiger partial charge in [0.1, 0.15) is 12.1 Å². The summed E-state index contributed by atoms with van der Waals surface area (Å²) in [6, 6.07) is 7.51. The Morgan fingerprint density at radius 3 is 2.52 bits per heavy atom. The number of thioether (sulfide) groups is 1. The summed E-state index contributed by atoms with van der Waals surface area (Å²) in [5, 5.41) is 5.33. The number of hydrogen-bond acceptors (Lipinski definition) is 5. The highest BCUT2D eigenvalue weighted by Gasteiger charge is 2.44. The Kier molecular flexibility index (Phi) is 9.55. The molecule has 4 atom stereocenters. The number of amides is 3. The summed E-state index contributed by atoms with van der Waals surface area (Å²) < 4.78 is 0. The molecule has 31 heavy (non-hydrogen) atoms. The lowest BCUT2D eigenvalue weighted by Gasteiger charge is -2.32. The molecule has 0 aliphatic carbocycles. The second-order valence-corrected chi connectivity index (χ2v) is 9.26. The van der Waals surface area contributed by atoms with E-state index < -0.39 is 18.1 Å². The largest absolute Gasteiger partial charge is 0.347 e. The first-order valence-corrected chi connectivity index (χ1v) is 12.1. The van der Waals surface area contributed by atoms with E-state index in [-0.39, 0.29) is 29.6 Å². The Morgan fingerprint density at radius 1 is 1.26 bits per heavy atom. The highest BCUT2D eigenvalue weighted by Crippen LogP contribution is 2.26. The lowest BCUT2D eigenvalue weighted by molar-refractivity contribution is -0.141. The number of likely N-dealkylation sites (tertiary alicyclic amines) is 1. The van der Waals surface area contributed by atoms with Crippen molar-refractivity contribution in [3.05, 3.63) is 35.9 Å². The standard InChI is InChI=1S/C23H33N3O4S/c1-15(2)21(28)20(13-17-8-6-5-7-9-17)26-16(3)12-19(23(26)30)25-22(29)18(24-14-27)10-11-31-4/h5-9,14-16,18-20H,10-13H2,1-4H3,(H,24,27)(H,25,29). The molecule has 7 nitrogen and oxygen atoms in total. The van der Waals surface area contributed by atoms with Gasteiger partial charge in [0.15, 0.2) is 5.78 Å². The summed E-state index contributed by atoms with van der Waals surface area (Å²) in [7, 11) is 0. The Labute approximate surface area is 188 Å². The van der Waals surface area contributed by atoms with Crippen molar-refractivity contribution in [1.82, 2.24) is 15.5 Å². The molecular formula is C23H33N3O4S. The predicted molar refractivity (Wildman–Crippen MR) is 123 cm³/mol. The third-order valence-corrected chi connectivity index (χ3v) is 6.27. The van der Waals surface area contributed by atoms with Crippen molar-refractivity contribution in [2.24, 2.45) is 5.92 Å². The molecule has 2 rings (SSSR count). The van der Waals surface area contributed by atoms with Crippen LogP contribution in [0.15, 0.2) is 30.3 Å². The third-order valence-electron chi connectivity index (χ3n) is 5.62. The molecule has 2 N–H and O–H groups in total. The van der Waals surface area contributed by atoms with E-state index >= 15 is 0 Å². The summed E-state index contributed by atoms with van der Waals surface area (Å²) in [4.78, 5) is 51.5. The van der Waals surface area contributed by atoms with E-state index in [2.05, 4.69) is 10.6 Å². The molecule has 170 valence electrons. The fraction of sp³-hybridized carbons (Fsp3) is 0.565. The quantitative estimate of drug-likeness (QED) is 0.477. The van der Waals surface area contributed by atoms with E-state index in [1.54, 1.807) is 16.7 Å². The minimum Gasteiger partial charge on any atom is -0.347 e. The fourth-order valence-corrected chi connectivity index (χ4v) is 4.44. The molecule has 0 aromatic heterocycles. The van der Waals surface area contributed by atoms with Crippen LogP contribution in [0.25, 0.3) is 0 Å². The van der Waals surface area contributed by atoms with Gasteiger partial charge in [-0.25, -0.2) is 0 Å². The number of ketones is 1. The average molecular weight is 448 g/mol. The van der Waals surface area contributed by atoms with Crippen molar-refractivity contribution in [2.75, 3.05) is 12.0 Å². The molecule has 1 aliphatic rings. The zero-order valence-corrected chi connectivity index (χ0v) is 19.5. The lowest BCUT2D eigenvalue weighted by atomic mass is 9.94. The van der Waals surface area contributed by atoms with E-state index in [9.17, 15) is 19.2 Å². The Hall–Kier alpha value is -2.35. The third kappa shape index (κ3) is 6.56. The number of carbonyl (C=O) groups is 4. The van der Waals surface area contributed by atoms with Crippen molar-refractivity contribution >= 4 is 35.8 Å². The van der Waals surface area contributed by atoms with Crippen LogP contribution in [0.1, 0.15) is 39.2 Å². The van der Waals surface area contributed by atoms with Gasteiger partial charge in [0.2, 0.25) is 18.2 Å². The summed E-state index contributed by atoms with van der Waals surface area (Å²) >= 11 is 1.58. The van der Waals surface area contributed by atoms with Gasteiger partial charge in [0, 0.05) is 12.0 Å². The molecular weight excluding hydrogens is 414 g/mol. The molecule has 1 heterocycles. The second kappa shape index (κ2) is 11.9. The van der Waals surface area contributed by atoms with Crippen molar-refractivity contribution in [2.45, 2.75) is 64.2 Å². The van der Waals surface area contributed by atoms with Crippen LogP contribution in [0.4, 0.5) is 0 Å². The van der Waals surface area contributed by atoms with E-state index in [1.807, 2.05) is 57.4 Å². The van der Waals surface area contributed by atoms with Crippen molar-refractivity contribution in [3.8, 4) is 0 Å². The van der Waals surface area contributed by atoms with Crippen LogP contribution in [0, 0.1) is 5.92 Å².